The molecule has 0 saturated heterocycles. The van der Waals surface area contributed by atoms with Crippen LogP contribution in [-0.2, 0) is 16.0 Å². The molecule has 3 aromatic rings. The van der Waals surface area contributed by atoms with Gasteiger partial charge in [-0.05, 0) is 42.0 Å². The van der Waals surface area contributed by atoms with E-state index in [1.54, 1.807) is 12.5 Å². The second kappa shape index (κ2) is 10.3. The number of rotatable bonds is 11. The Kier molecular flexibility index (Phi) is 7.24. The maximum atomic E-state index is 11.0. The summed E-state index contributed by atoms with van der Waals surface area (Å²) in [6.07, 6.45) is 5.61. The van der Waals surface area contributed by atoms with E-state index in [9.17, 15) is 4.79 Å². The van der Waals surface area contributed by atoms with Gasteiger partial charge in [-0.1, -0.05) is 12.1 Å². The topological polar surface area (TPSA) is 82.8 Å². The molecule has 1 heterocycles. The molecule has 1 aromatic heterocycles. The lowest BCUT2D eigenvalue weighted by Gasteiger charge is -2.11. The second-order valence-electron chi connectivity index (χ2n) is 6.42. The molecule has 1 N–H and O–H groups in total. The van der Waals surface area contributed by atoms with Gasteiger partial charge in [0.2, 0.25) is 0 Å². The molecule has 1 atom stereocenters. The van der Waals surface area contributed by atoms with Gasteiger partial charge in [-0.2, -0.15) is 0 Å². The van der Waals surface area contributed by atoms with Crippen molar-refractivity contribution in [2.24, 2.45) is 0 Å². The molecule has 7 nitrogen and oxygen atoms in total. The first-order chi connectivity index (χ1) is 14.2. The van der Waals surface area contributed by atoms with Gasteiger partial charge in [0.15, 0.2) is 6.10 Å². The fraction of sp³-hybridized carbons (Fsp3) is 0.273. The van der Waals surface area contributed by atoms with E-state index >= 15 is 0 Å². The molecule has 0 fully saturated rings. The lowest BCUT2D eigenvalue weighted by molar-refractivity contribution is -0.148. The lowest BCUT2D eigenvalue weighted by Crippen LogP contribution is -2.24. The maximum absolute atomic E-state index is 11.0. The van der Waals surface area contributed by atoms with E-state index in [2.05, 4.69) is 4.98 Å². The van der Waals surface area contributed by atoms with Crippen molar-refractivity contribution in [3.63, 3.8) is 0 Å². The van der Waals surface area contributed by atoms with Crippen molar-refractivity contribution in [1.82, 2.24) is 9.55 Å². The highest BCUT2D eigenvalue weighted by atomic mass is 16.5. The summed E-state index contributed by atoms with van der Waals surface area (Å²) in [6.45, 7) is 1.08. The van der Waals surface area contributed by atoms with E-state index in [0.717, 1.165) is 29.2 Å². The number of carboxylic acid groups (broad SMARTS) is 1. The Balaban J connectivity index is 1.36. The minimum absolute atomic E-state index is 0.319. The Bertz CT molecular complexity index is 877. The molecule has 0 bridgehead atoms. The Labute approximate surface area is 169 Å². The van der Waals surface area contributed by atoms with Crippen LogP contribution in [0.3, 0.4) is 0 Å². The van der Waals surface area contributed by atoms with Crippen molar-refractivity contribution in [2.75, 3.05) is 20.3 Å². The first-order valence-electron chi connectivity index (χ1n) is 9.34. The van der Waals surface area contributed by atoms with Gasteiger partial charge in [0, 0.05) is 38.0 Å². The molecule has 0 radical (unpaired) electrons. The molecule has 2 aromatic carbocycles. The zero-order valence-corrected chi connectivity index (χ0v) is 16.2. The fourth-order valence-electron chi connectivity index (χ4n) is 2.77. The smallest absolute Gasteiger partial charge is 0.333 e. The van der Waals surface area contributed by atoms with Gasteiger partial charge in [0.05, 0.1) is 19.5 Å². The molecule has 0 aliphatic rings. The average Bonchev–Trinajstić information content (AvgIpc) is 3.28. The van der Waals surface area contributed by atoms with E-state index in [-0.39, 0.29) is 0 Å². The van der Waals surface area contributed by atoms with Crippen LogP contribution >= 0.6 is 0 Å². The maximum Gasteiger partial charge on any atom is 0.333 e. The summed E-state index contributed by atoms with van der Waals surface area (Å²) in [4.78, 5) is 15.0. The molecule has 3 rings (SSSR count). The van der Waals surface area contributed by atoms with Gasteiger partial charge in [-0.3, -0.25) is 0 Å². The van der Waals surface area contributed by atoms with E-state index in [0.29, 0.717) is 19.6 Å². The second-order valence-corrected chi connectivity index (χ2v) is 6.42. The highest BCUT2D eigenvalue weighted by Crippen LogP contribution is 2.16. The van der Waals surface area contributed by atoms with Crippen LogP contribution in [0.15, 0.2) is 67.3 Å². The minimum atomic E-state index is -0.968. The number of nitrogens with zero attached hydrogens (tertiary/aromatic N) is 2. The van der Waals surface area contributed by atoms with Gasteiger partial charge in [0.25, 0.3) is 0 Å². The minimum Gasteiger partial charge on any atom is -0.493 e. The summed E-state index contributed by atoms with van der Waals surface area (Å²) in [5.74, 6) is 0.580. The lowest BCUT2D eigenvalue weighted by atomic mass is 10.1. The molecule has 0 spiro atoms. The summed E-state index contributed by atoms with van der Waals surface area (Å²) >= 11 is 0. The average molecular weight is 396 g/mol. The van der Waals surface area contributed by atoms with E-state index in [4.69, 9.17) is 19.3 Å². The third-order valence-corrected chi connectivity index (χ3v) is 4.37. The van der Waals surface area contributed by atoms with Crippen LogP contribution in [0, 0.1) is 0 Å². The summed E-state index contributed by atoms with van der Waals surface area (Å²) in [6, 6.07) is 15.2. The largest absolute Gasteiger partial charge is 0.493 e. The first kappa shape index (κ1) is 20.4. The van der Waals surface area contributed by atoms with Crippen LogP contribution in [0.4, 0.5) is 0 Å². The van der Waals surface area contributed by atoms with Crippen LogP contribution in [0.25, 0.3) is 5.69 Å². The van der Waals surface area contributed by atoms with Crippen molar-refractivity contribution in [1.29, 1.82) is 0 Å². The Morgan fingerprint density at radius 2 is 1.66 bits per heavy atom. The number of methoxy groups -OCH3 is 1. The number of benzene rings is 2. The standard InChI is InChI=1S/C22H24N2O5/c1-27-21(22(25)26)15-17-3-7-19(8-4-17)28-13-2-14-29-20-9-5-18(6-10-20)24-12-11-23-16-24/h3-12,16,21H,2,13-15H2,1H3,(H,25,26). The highest BCUT2D eigenvalue weighted by Gasteiger charge is 2.16. The van der Waals surface area contributed by atoms with Crippen LogP contribution < -0.4 is 9.47 Å². The normalized spacial score (nSPS) is 11.8. The zero-order valence-electron chi connectivity index (χ0n) is 16.2. The molecule has 152 valence electrons. The van der Waals surface area contributed by atoms with Gasteiger partial charge in [0.1, 0.15) is 11.5 Å². The Morgan fingerprint density at radius 1 is 1.03 bits per heavy atom. The summed E-state index contributed by atoms with van der Waals surface area (Å²) in [5, 5.41) is 9.03. The predicted molar refractivity (Wildman–Crippen MR) is 108 cm³/mol. The van der Waals surface area contributed by atoms with E-state index in [1.807, 2.05) is 59.3 Å². The van der Waals surface area contributed by atoms with Crippen molar-refractivity contribution in [3.05, 3.63) is 72.8 Å². The van der Waals surface area contributed by atoms with Crippen LogP contribution in [-0.4, -0.2) is 47.1 Å². The van der Waals surface area contributed by atoms with Gasteiger partial charge in [-0.25, -0.2) is 9.78 Å². The molecule has 0 aliphatic heterocycles. The summed E-state index contributed by atoms with van der Waals surface area (Å²) < 4.78 is 18.3. The van der Waals surface area contributed by atoms with Crippen LogP contribution in [0.2, 0.25) is 0 Å². The Morgan fingerprint density at radius 3 is 2.17 bits per heavy atom. The number of hydrogen-bond acceptors (Lipinski definition) is 5. The predicted octanol–water partition coefficient (Wildman–Crippen LogP) is 3.36. The monoisotopic (exact) mass is 396 g/mol. The molecular formula is C22H24N2O5. The quantitative estimate of drug-likeness (QED) is 0.501. The van der Waals surface area contributed by atoms with Crippen LogP contribution in [0.1, 0.15) is 12.0 Å². The summed E-state index contributed by atoms with van der Waals surface area (Å²) in [5.41, 5.74) is 1.91. The molecule has 0 saturated carbocycles. The number of hydrogen-bond donors (Lipinski definition) is 1. The number of ether oxygens (including phenoxy) is 3. The molecule has 7 heteroatoms. The molecule has 0 aliphatic carbocycles. The van der Waals surface area contributed by atoms with Crippen molar-refractivity contribution in [3.8, 4) is 17.2 Å². The first-order valence-corrected chi connectivity index (χ1v) is 9.34. The number of aliphatic carboxylic acids is 1. The molecule has 1 unspecified atom stereocenters. The van der Waals surface area contributed by atoms with Crippen molar-refractivity contribution >= 4 is 5.97 Å². The van der Waals surface area contributed by atoms with Gasteiger partial charge >= 0.3 is 5.97 Å². The third kappa shape index (κ3) is 6.08. The third-order valence-electron chi connectivity index (χ3n) is 4.37. The number of aromatic nitrogens is 2. The SMILES string of the molecule is COC(Cc1ccc(OCCCOc2ccc(-n3ccnc3)cc2)cc1)C(=O)O. The van der Waals surface area contributed by atoms with E-state index in [1.165, 1.54) is 7.11 Å². The van der Waals surface area contributed by atoms with Gasteiger partial charge in [-0.15, -0.1) is 0 Å². The summed E-state index contributed by atoms with van der Waals surface area (Å²) in [7, 11) is 1.40. The van der Waals surface area contributed by atoms with E-state index < -0.39 is 12.1 Å². The molecular weight excluding hydrogens is 372 g/mol. The number of carbonyl (C=O) groups is 1. The fourth-order valence-corrected chi connectivity index (χ4v) is 2.77. The molecule has 0 amide bonds. The highest BCUT2D eigenvalue weighted by molar-refractivity contribution is 5.72. The van der Waals surface area contributed by atoms with Crippen molar-refractivity contribution < 1.29 is 24.1 Å². The van der Waals surface area contributed by atoms with Crippen molar-refractivity contribution in [2.45, 2.75) is 18.9 Å². The van der Waals surface area contributed by atoms with Crippen LogP contribution in [0.5, 0.6) is 11.5 Å². The zero-order chi connectivity index (χ0) is 20.5. The molecule has 29 heavy (non-hydrogen) atoms. The number of imidazole rings is 1. The van der Waals surface area contributed by atoms with Gasteiger partial charge < -0.3 is 23.9 Å². The Hall–Kier alpha value is -3.32. The number of carboxylic acids is 1.